The summed E-state index contributed by atoms with van der Waals surface area (Å²) in [5.74, 6) is 0. The first-order valence-corrected chi connectivity index (χ1v) is 8.59. The molecule has 1 rings (SSSR count). The molecule has 6 nitrogen and oxygen atoms in total. The minimum Gasteiger partial charge on any atom is -0.318 e. The Morgan fingerprint density at radius 2 is 1.86 bits per heavy atom. The van der Waals surface area contributed by atoms with Crippen molar-refractivity contribution in [2.24, 2.45) is 5.41 Å². The monoisotopic (exact) mass is 316 g/mol. The molecule has 1 heterocycles. The molecule has 0 aliphatic rings. The minimum atomic E-state index is -3.51. The number of hydrogen-bond donors (Lipinski definition) is 1. The normalized spacial score (nSPS) is 13.1. The van der Waals surface area contributed by atoms with Crippen molar-refractivity contribution in [3.05, 3.63) is 11.4 Å². The van der Waals surface area contributed by atoms with E-state index in [2.05, 4.69) is 10.4 Å². The van der Waals surface area contributed by atoms with E-state index >= 15 is 0 Å². The van der Waals surface area contributed by atoms with Crippen molar-refractivity contribution >= 4 is 10.0 Å². The van der Waals surface area contributed by atoms with Crippen LogP contribution in [-0.2, 0) is 16.6 Å². The molecule has 0 fully saturated rings. The summed E-state index contributed by atoms with van der Waals surface area (Å²) in [5.41, 5.74) is 1.17. The predicted octanol–water partition coefficient (Wildman–Crippen LogP) is 1.39. The van der Waals surface area contributed by atoms with Gasteiger partial charge in [-0.3, -0.25) is 4.68 Å². The van der Waals surface area contributed by atoms with E-state index in [9.17, 15) is 8.42 Å². The Hall–Kier alpha value is -0.920. The van der Waals surface area contributed by atoms with Crippen LogP contribution in [0.4, 0.5) is 0 Å². The molecular weight excluding hydrogens is 288 g/mol. The van der Waals surface area contributed by atoms with E-state index in [1.165, 1.54) is 4.31 Å². The third-order valence-electron chi connectivity index (χ3n) is 3.25. The largest absolute Gasteiger partial charge is 0.318 e. The first-order valence-electron chi connectivity index (χ1n) is 7.15. The highest BCUT2D eigenvalue weighted by molar-refractivity contribution is 7.89. The maximum absolute atomic E-state index is 12.8. The molecule has 0 spiro atoms. The molecule has 0 bridgehead atoms. The molecule has 7 heteroatoms. The van der Waals surface area contributed by atoms with Gasteiger partial charge < -0.3 is 5.32 Å². The molecule has 122 valence electrons. The van der Waals surface area contributed by atoms with Gasteiger partial charge in [0.1, 0.15) is 4.90 Å². The summed E-state index contributed by atoms with van der Waals surface area (Å²) in [6, 6.07) is 0. The minimum absolute atomic E-state index is 0.0915. The van der Waals surface area contributed by atoms with Crippen LogP contribution in [0.2, 0.25) is 0 Å². The average Bonchev–Trinajstić information content (AvgIpc) is 2.59. The van der Waals surface area contributed by atoms with Crippen LogP contribution in [0.25, 0.3) is 0 Å². The van der Waals surface area contributed by atoms with Crippen molar-refractivity contribution < 1.29 is 8.42 Å². The number of hydrogen-bond acceptors (Lipinski definition) is 4. The van der Waals surface area contributed by atoms with E-state index < -0.39 is 10.0 Å². The molecular formula is C14H28N4O2S. The number of aromatic nitrogens is 2. The van der Waals surface area contributed by atoms with Crippen molar-refractivity contribution in [3.63, 3.8) is 0 Å². The number of nitrogens with one attached hydrogen (secondary N) is 1. The summed E-state index contributed by atoms with van der Waals surface area (Å²) < 4.78 is 28.8. The van der Waals surface area contributed by atoms with Gasteiger partial charge in [0.15, 0.2) is 0 Å². The molecule has 0 unspecified atom stereocenters. The molecule has 1 aromatic rings. The maximum Gasteiger partial charge on any atom is 0.246 e. The Morgan fingerprint density at radius 3 is 2.33 bits per heavy atom. The highest BCUT2D eigenvalue weighted by Gasteiger charge is 2.30. The van der Waals surface area contributed by atoms with Crippen molar-refractivity contribution in [1.29, 1.82) is 0 Å². The van der Waals surface area contributed by atoms with Crippen LogP contribution in [-0.4, -0.2) is 49.7 Å². The standard InChI is InChI=1S/C14H28N4O2S/c1-11-13(12(2)18(16-11)9-8-15-6)21(19,20)17(7)10-14(3,4)5/h15H,8-10H2,1-7H3. The van der Waals surface area contributed by atoms with Crippen LogP contribution in [0.1, 0.15) is 32.2 Å². The Morgan fingerprint density at radius 1 is 1.29 bits per heavy atom. The van der Waals surface area contributed by atoms with Crippen LogP contribution in [0, 0.1) is 19.3 Å². The Kier molecular flexibility index (Phi) is 5.57. The van der Waals surface area contributed by atoms with Crippen molar-refractivity contribution in [3.8, 4) is 0 Å². The molecule has 21 heavy (non-hydrogen) atoms. The number of rotatable bonds is 6. The van der Waals surface area contributed by atoms with Gasteiger partial charge in [0.25, 0.3) is 0 Å². The SMILES string of the molecule is CNCCn1nc(C)c(S(=O)(=O)N(C)CC(C)(C)C)c1C. The predicted molar refractivity (Wildman–Crippen MR) is 84.9 cm³/mol. The number of aryl methyl sites for hydroxylation is 1. The van der Waals surface area contributed by atoms with E-state index in [-0.39, 0.29) is 5.41 Å². The third-order valence-corrected chi connectivity index (χ3v) is 5.31. The van der Waals surface area contributed by atoms with Gasteiger partial charge in [0, 0.05) is 20.1 Å². The first-order chi connectivity index (χ1) is 9.50. The molecule has 0 saturated carbocycles. The summed E-state index contributed by atoms with van der Waals surface area (Å²) in [6.45, 7) is 11.5. The first kappa shape index (κ1) is 18.1. The second-order valence-electron chi connectivity index (χ2n) is 6.65. The molecule has 0 atom stereocenters. The molecule has 1 N–H and O–H groups in total. The van der Waals surface area contributed by atoms with Crippen molar-refractivity contribution in [1.82, 2.24) is 19.4 Å². The molecule has 0 aliphatic carbocycles. The molecule has 0 saturated heterocycles. The van der Waals surface area contributed by atoms with Gasteiger partial charge in [0.2, 0.25) is 10.0 Å². The average molecular weight is 316 g/mol. The van der Waals surface area contributed by atoms with Gasteiger partial charge in [-0.15, -0.1) is 0 Å². The molecule has 0 amide bonds. The van der Waals surface area contributed by atoms with E-state index in [1.807, 2.05) is 34.7 Å². The lowest BCUT2D eigenvalue weighted by Crippen LogP contribution is -2.35. The fraction of sp³-hybridized carbons (Fsp3) is 0.786. The summed E-state index contributed by atoms with van der Waals surface area (Å²) in [4.78, 5) is 0.338. The molecule has 0 aromatic carbocycles. The number of nitrogens with zero attached hydrogens (tertiary/aromatic N) is 3. The van der Waals surface area contributed by atoms with Gasteiger partial charge in [-0.25, -0.2) is 12.7 Å². The molecule has 0 radical (unpaired) electrons. The molecule has 1 aromatic heterocycles. The Labute approximate surface area is 128 Å². The summed E-state index contributed by atoms with van der Waals surface area (Å²) in [6.07, 6.45) is 0. The topological polar surface area (TPSA) is 67.2 Å². The lowest BCUT2D eigenvalue weighted by molar-refractivity contribution is 0.310. The van der Waals surface area contributed by atoms with Gasteiger partial charge in [0.05, 0.1) is 17.9 Å². The van der Waals surface area contributed by atoms with Crippen molar-refractivity contribution in [2.75, 3.05) is 27.2 Å². The second kappa shape index (κ2) is 6.46. The number of sulfonamides is 1. The van der Waals surface area contributed by atoms with E-state index in [0.717, 1.165) is 6.54 Å². The number of likely N-dealkylation sites (N-methyl/N-ethyl adjacent to an activating group) is 1. The third kappa shape index (κ3) is 4.28. The van der Waals surface area contributed by atoms with E-state index in [0.29, 0.717) is 29.4 Å². The van der Waals surface area contributed by atoms with Gasteiger partial charge >= 0.3 is 0 Å². The zero-order valence-corrected chi connectivity index (χ0v) is 15.0. The summed E-state index contributed by atoms with van der Waals surface area (Å²) in [5, 5.41) is 7.41. The summed E-state index contributed by atoms with van der Waals surface area (Å²) in [7, 11) is -0.0172. The second-order valence-corrected chi connectivity index (χ2v) is 8.63. The Bertz CT molecular complexity index is 585. The van der Waals surface area contributed by atoms with E-state index in [1.54, 1.807) is 18.7 Å². The van der Waals surface area contributed by atoms with Gasteiger partial charge in [-0.05, 0) is 26.3 Å². The molecule has 0 aliphatic heterocycles. The highest BCUT2D eigenvalue weighted by atomic mass is 32.2. The Balaban J connectivity index is 3.17. The van der Waals surface area contributed by atoms with E-state index in [4.69, 9.17) is 0 Å². The zero-order valence-electron chi connectivity index (χ0n) is 14.2. The van der Waals surface area contributed by atoms with Crippen molar-refractivity contribution in [2.45, 2.75) is 46.1 Å². The van der Waals surface area contributed by atoms with Gasteiger partial charge in [-0.1, -0.05) is 20.8 Å². The van der Waals surface area contributed by atoms with Crippen LogP contribution < -0.4 is 5.32 Å². The maximum atomic E-state index is 12.8. The lowest BCUT2D eigenvalue weighted by Gasteiger charge is -2.26. The van der Waals surface area contributed by atoms with Crippen LogP contribution in [0.15, 0.2) is 4.90 Å². The van der Waals surface area contributed by atoms with Crippen LogP contribution in [0.5, 0.6) is 0 Å². The summed E-state index contributed by atoms with van der Waals surface area (Å²) >= 11 is 0. The smallest absolute Gasteiger partial charge is 0.246 e. The van der Waals surface area contributed by atoms with Crippen LogP contribution >= 0.6 is 0 Å². The van der Waals surface area contributed by atoms with Gasteiger partial charge in [-0.2, -0.15) is 5.10 Å². The lowest BCUT2D eigenvalue weighted by atomic mass is 9.97. The fourth-order valence-electron chi connectivity index (χ4n) is 2.40. The van der Waals surface area contributed by atoms with Crippen LogP contribution in [0.3, 0.4) is 0 Å². The zero-order chi connectivity index (χ0) is 16.4. The quantitative estimate of drug-likeness (QED) is 0.861. The fourth-order valence-corrected chi connectivity index (χ4v) is 4.16. The highest BCUT2D eigenvalue weighted by Crippen LogP contribution is 2.25.